The highest BCUT2D eigenvalue weighted by molar-refractivity contribution is 5.80. The van der Waals surface area contributed by atoms with Gasteiger partial charge in [-0.15, -0.1) is 0 Å². The van der Waals surface area contributed by atoms with Crippen molar-refractivity contribution in [2.24, 2.45) is 0 Å². The molecule has 3 rings (SSSR count). The number of amides is 1. The van der Waals surface area contributed by atoms with E-state index in [1.807, 2.05) is 48.5 Å². The summed E-state index contributed by atoms with van der Waals surface area (Å²) in [6.07, 6.45) is 1.05. The molecule has 5 nitrogen and oxygen atoms in total. The number of methoxy groups -OCH3 is 1. The zero-order valence-corrected chi connectivity index (χ0v) is 15.0. The lowest BCUT2D eigenvalue weighted by Crippen LogP contribution is -2.23. The third-order valence-electron chi connectivity index (χ3n) is 4.40. The number of aromatic nitrogens is 1. The van der Waals surface area contributed by atoms with E-state index < -0.39 is 0 Å². The number of fused-ring (bicyclic) bond motifs is 1. The smallest absolute Gasteiger partial charge is 0.251 e. The third kappa shape index (κ3) is 4.11. The second kappa shape index (κ2) is 7.87. The van der Waals surface area contributed by atoms with E-state index >= 15 is 0 Å². The number of ether oxygens (including phenoxy) is 1. The number of carbonyl (C=O) groups excluding carboxylic acids is 1. The number of carbonyl (C=O) groups is 1. The molecular weight excluding hydrogens is 328 g/mol. The molecule has 0 radical (unpaired) electrons. The molecule has 2 aromatic carbocycles. The summed E-state index contributed by atoms with van der Waals surface area (Å²) in [5, 5.41) is 3.91. The van der Waals surface area contributed by atoms with Gasteiger partial charge in [0.05, 0.1) is 7.11 Å². The van der Waals surface area contributed by atoms with Crippen LogP contribution in [0.2, 0.25) is 0 Å². The van der Waals surface area contributed by atoms with Gasteiger partial charge in [0, 0.05) is 29.6 Å². The first kappa shape index (κ1) is 17.7. The summed E-state index contributed by atoms with van der Waals surface area (Å²) in [6, 6.07) is 15.4. The van der Waals surface area contributed by atoms with Gasteiger partial charge in [-0.05, 0) is 48.6 Å². The van der Waals surface area contributed by atoms with Crippen molar-refractivity contribution in [2.75, 3.05) is 7.11 Å². The van der Waals surface area contributed by atoms with Gasteiger partial charge in [0.1, 0.15) is 5.75 Å². The molecule has 1 heterocycles. The highest BCUT2D eigenvalue weighted by atomic mass is 16.5. The average molecular weight is 350 g/mol. The van der Waals surface area contributed by atoms with Crippen molar-refractivity contribution in [3.8, 4) is 5.75 Å². The molecule has 5 heteroatoms. The number of aromatic amines is 1. The number of hydrogen-bond donors (Lipinski definition) is 2. The zero-order chi connectivity index (χ0) is 18.5. The average Bonchev–Trinajstić information content (AvgIpc) is 2.65. The van der Waals surface area contributed by atoms with Crippen molar-refractivity contribution < 1.29 is 9.53 Å². The molecular formula is C21H22N2O3. The summed E-state index contributed by atoms with van der Waals surface area (Å²) in [6.45, 7) is 2.23. The molecule has 0 aliphatic heterocycles. The van der Waals surface area contributed by atoms with E-state index in [-0.39, 0.29) is 11.5 Å². The third-order valence-corrected chi connectivity index (χ3v) is 4.40. The molecule has 0 saturated heterocycles. The first-order valence-electron chi connectivity index (χ1n) is 8.58. The Morgan fingerprint density at radius 2 is 1.96 bits per heavy atom. The molecule has 26 heavy (non-hydrogen) atoms. The molecule has 0 bridgehead atoms. The molecule has 0 aliphatic carbocycles. The lowest BCUT2D eigenvalue weighted by atomic mass is 10.1. The number of para-hydroxylation sites is 1. The van der Waals surface area contributed by atoms with Crippen LogP contribution in [0.4, 0.5) is 0 Å². The van der Waals surface area contributed by atoms with Crippen LogP contribution < -0.4 is 15.6 Å². The van der Waals surface area contributed by atoms with Gasteiger partial charge in [-0.3, -0.25) is 9.59 Å². The van der Waals surface area contributed by atoms with Crippen LogP contribution in [0.3, 0.4) is 0 Å². The molecule has 2 N–H and O–H groups in total. The Morgan fingerprint density at radius 1 is 1.15 bits per heavy atom. The number of hydrogen-bond acceptors (Lipinski definition) is 3. The van der Waals surface area contributed by atoms with Crippen molar-refractivity contribution in [2.45, 2.75) is 26.3 Å². The fourth-order valence-electron chi connectivity index (χ4n) is 2.91. The lowest BCUT2D eigenvalue weighted by molar-refractivity contribution is -0.121. The summed E-state index contributed by atoms with van der Waals surface area (Å²) >= 11 is 0. The fraction of sp³-hybridized carbons (Fsp3) is 0.238. The van der Waals surface area contributed by atoms with Gasteiger partial charge in [0.25, 0.3) is 5.56 Å². The molecule has 0 saturated carbocycles. The van der Waals surface area contributed by atoms with Gasteiger partial charge in [-0.1, -0.05) is 24.3 Å². The summed E-state index contributed by atoms with van der Waals surface area (Å²) in [4.78, 5) is 26.7. The Morgan fingerprint density at radius 3 is 2.77 bits per heavy atom. The monoisotopic (exact) mass is 350 g/mol. The highest BCUT2D eigenvalue weighted by Gasteiger charge is 2.06. The summed E-state index contributed by atoms with van der Waals surface area (Å²) < 4.78 is 5.29. The number of H-pyrrole nitrogens is 1. The highest BCUT2D eigenvalue weighted by Crippen LogP contribution is 2.17. The van der Waals surface area contributed by atoms with Crippen molar-refractivity contribution in [1.82, 2.24) is 10.3 Å². The molecule has 1 aromatic heterocycles. The van der Waals surface area contributed by atoms with Crippen molar-refractivity contribution in [3.05, 3.63) is 75.6 Å². The molecule has 3 aromatic rings. The van der Waals surface area contributed by atoms with Gasteiger partial charge in [0.15, 0.2) is 0 Å². The van der Waals surface area contributed by atoms with Crippen LogP contribution in [-0.2, 0) is 17.8 Å². The molecule has 0 aliphatic rings. The van der Waals surface area contributed by atoms with E-state index in [0.29, 0.717) is 24.9 Å². The molecule has 0 spiro atoms. The predicted octanol–water partition coefficient (Wildman–Crippen LogP) is 3.09. The summed E-state index contributed by atoms with van der Waals surface area (Å²) in [7, 11) is 1.62. The van der Waals surface area contributed by atoms with Crippen LogP contribution >= 0.6 is 0 Å². The van der Waals surface area contributed by atoms with Crippen LogP contribution in [0.25, 0.3) is 10.9 Å². The summed E-state index contributed by atoms with van der Waals surface area (Å²) in [5.41, 5.74) is 3.44. The van der Waals surface area contributed by atoms with E-state index in [1.54, 1.807) is 14.0 Å². The van der Waals surface area contributed by atoms with Crippen LogP contribution in [0.5, 0.6) is 5.75 Å². The second-order valence-electron chi connectivity index (χ2n) is 6.29. The zero-order valence-electron chi connectivity index (χ0n) is 15.0. The van der Waals surface area contributed by atoms with E-state index in [9.17, 15) is 9.59 Å². The maximum Gasteiger partial charge on any atom is 0.251 e. The van der Waals surface area contributed by atoms with E-state index in [0.717, 1.165) is 27.8 Å². The van der Waals surface area contributed by atoms with Crippen LogP contribution in [0, 0.1) is 6.92 Å². The Kier molecular flexibility index (Phi) is 5.37. The maximum atomic E-state index is 12.2. The van der Waals surface area contributed by atoms with Crippen molar-refractivity contribution in [3.63, 3.8) is 0 Å². The minimum absolute atomic E-state index is 0.00588. The first-order valence-corrected chi connectivity index (χ1v) is 8.58. The maximum absolute atomic E-state index is 12.2. The van der Waals surface area contributed by atoms with Crippen molar-refractivity contribution >= 4 is 16.8 Å². The van der Waals surface area contributed by atoms with Crippen molar-refractivity contribution in [1.29, 1.82) is 0 Å². The van der Waals surface area contributed by atoms with Gasteiger partial charge in [0.2, 0.25) is 5.91 Å². The number of aryl methyl sites for hydroxylation is 2. The van der Waals surface area contributed by atoms with E-state index in [2.05, 4.69) is 10.3 Å². The number of pyridine rings is 1. The Bertz CT molecular complexity index is 992. The van der Waals surface area contributed by atoms with Gasteiger partial charge < -0.3 is 15.0 Å². The first-order chi connectivity index (χ1) is 12.6. The van der Waals surface area contributed by atoms with Crippen LogP contribution in [0.15, 0.2) is 53.3 Å². The largest absolute Gasteiger partial charge is 0.496 e. The second-order valence-corrected chi connectivity index (χ2v) is 6.29. The van der Waals surface area contributed by atoms with E-state index in [1.165, 1.54) is 0 Å². The van der Waals surface area contributed by atoms with Crippen LogP contribution in [-0.4, -0.2) is 18.0 Å². The normalized spacial score (nSPS) is 10.7. The molecule has 134 valence electrons. The molecule has 1 amide bonds. The Balaban J connectivity index is 1.60. The van der Waals surface area contributed by atoms with Gasteiger partial charge >= 0.3 is 0 Å². The minimum Gasteiger partial charge on any atom is -0.496 e. The Hall–Kier alpha value is -3.08. The fourth-order valence-corrected chi connectivity index (χ4v) is 2.91. The van der Waals surface area contributed by atoms with E-state index in [4.69, 9.17) is 4.74 Å². The van der Waals surface area contributed by atoms with Gasteiger partial charge in [-0.2, -0.15) is 0 Å². The molecule has 0 fully saturated rings. The molecule has 0 atom stereocenters. The number of nitrogens with one attached hydrogen (secondary N) is 2. The van der Waals surface area contributed by atoms with Gasteiger partial charge in [-0.25, -0.2) is 0 Å². The minimum atomic E-state index is -0.0685. The lowest BCUT2D eigenvalue weighted by Gasteiger charge is -2.10. The number of benzene rings is 2. The quantitative estimate of drug-likeness (QED) is 0.718. The molecule has 0 unspecified atom stereocenters. The SMILES string of the molecule is COc1ccccc1CNC(=O)CCc1ccc2[nH]c(=O)c(C)cc2c1. The number of rotatable bonds is 6. The predicted molar refractivity (Wildman–Crippen MR) is 102 cm³/mol. The Labute approximate surface area is 152 Å². The standard InChI is InChI=1S/C21H22N2O3/c1-14-11-17-12-15(7-9-18(17)23-21(14)25)8-10-20(24)22-13-16-5-3-4-6-19(16)26-2/h3-7,9,11-12H,8,10,13H2,1-2H3,(H,22,24)(H,23,25). The van der Waals surface area contributed by atoms with Crippen LogP contribution in [0.1, 0.15) is 23.1 Å². The topological polar surface area (TPSA) is 71.2 Å². The summed E-state index contributed by atoms with van der Waals surface area (Å²) in [5.74, 6) is 0.764.